The minimum absolute atomic E-state index is 0.0471. The van der Waals surface area contributed by atoms with Gasteiger partial charge in [0.1, 0.15) is 11.5 Å². The van der Waals surface area contributed by atoms with E-state index in [1.54, 1.807) is 7.11 Å². The van der Waals surface area contributed by atoms with E-state index < -0.39 is 0 Å². The number of hydrogen-bond acceptors (Lipinski definition) is 3. The molecule has 1 aromatic carbocycles. The van der Waals surface area contributed by atoms with Crippen molar-refractivity contribution in [3.05, 3.63) is 28.2 Å². The second kappa shape index (κ2) is 5.85. The number of carbonyl (C=O) groups is 1. The predicted octanol–water partition coefficient (Wildman–Crippen LogP) is 2.99. The van der Waals surface area contributed by atoms with Crippen LogP contribution in [-0.4, -0.2) is 25.6 Å². The van der Waals surface area contributed by atoms with Gasteiger partial charge in [0.15, 0.2) is 0 Å². The topological polar surface area (TPSA) is 35.5 Å². The Hall–Kier alpha value is -0.870. The highest BCUT2D eigenvalue weighted by Crippen LogP contribution is 2.27. The Bertz CT molecular complexity index is 445. The summed E-state index contributed by atoms with van der Waals surface area (Å²) in [5.41, 5.74) is 1.01. The van der Waals surface area contributed by atoms with E-state index in [-0.39, 0.29) is 17.8 Å². The van der Waals surface area contributed by atoms with Crippen LogP contribution in [0.1, 0.15) is 18.9 Å². The van der Waals surface area contributed by atoms with E-state index >= 15 is 0 Å². The fraction of sp³-hybridized carbons (Fsp3) is 0.500. The van der Waals surface area contributed by atoms with Crippen molar-refractivity contribution < 1.29 is 14.3 Å². The Morgan fingerprint density at radius 3 is 2.89 bits per heavy atom. The van der Waals surface area contributed by atoms with Gasteiger partial charge in [0.2, 0.25) is 0 Å². The number of benzene rings is 1. The van der Waals surface area contributed by atoms with Crippen molar-refractivity contribution >= 4 is 21.7 Å². The average molecular weight is 313 g/mol. The van der Waals surface area contributed by atoms with Gasteiger partial charge in [0, 0.05) is 18.9 Å². The molecule has 1 fully saturated rings. The van der Waals surface area contributed by atoms with Gasteiger partial charge in [-0.15, -0.1) is 0 Å². The molecule has 0 saturated carbocycles. The summed E-state index contributed by atoms with van der Waals surface area (Å²) in [6, 6.07) is 5.75. The molecule has 0 aromatic heterocycles. The molecule has 0 bridgehead atoms. The number of carbonyl (C=O) groups excluding carboxylic acids is 1. The summed E-state index contributed by atoms with van der Waals surface area (Å²) in [5.74, 6) is 1.09. The third kappa shape index (κ3) is 2.93. The third-order valence-corrected chi connectivity index (χ3v) is 4.00. The molecule has 2 unspecified atom stereocenters. The summed E-state index contributed by atoms with van der Waals surface area (Å²) in [4.78, 5) is 12.2. The molecule has 2 atom stereocenters. The molecule has 1 aromatic rings. The van der Waals surface area contributed by atoms with E-state index in [9.17, 15) is 4.79 Å². The number of ketones is 1. The van der Waals surface area contributed by atoms with Crippen molar-refractivity contribution in [2.45, 2.75) is 25.9 Å². The first-order chi connectivity index (χ1) is 8.61. The van der Waals surface area contributed by atoms with E-state index in [0.29, 0.717) is 13.0 Å². The molecule has 18 heavy (non-hydrogen) atoms. The molecule has 1 aliphatic heterocycles. The molecular formula is C14H17BrO3. The lowest BCUT2D eigenvalue weighted by atomic mass is 9.93. The maximum atomic E-state index is 12.2. The van der Waals surface area contributed by atoms with Crippen molar-refractivity contribution in [2.24, 2.45) is 5.92 Å². The van der Waals surface area contributed by atoms with E-state index in [2.05, 4.69) is 15.9 Å². The highest BCUT2D eigenvalue weighted by molar-refractivity contribution is 9.10. The number of rotatable bonds is 4. The van der Waals surface area contributed by atoms with Crippen molar-refractivity contribution in [1.29, 1.82) is 0 Å². The molecule has 0 spiro atoms. The molecule has 1 heterocycles. The SMILES string of the molecule is COc1ccc(CC(=O)C2CCOC2C)cc1Br. The average Bonchev–Trinajstić information content (AvgIpc) is 2.76. The fourth-order valence-corrected chi connectivity index (χ4v) is 2.89. The molecule has 1 aliphatic rings. The van der Waals surface area contributed by atoms with E-state index in [1.165, 1.54) is 0 Å². The Balaban J connectivity index is 2.05. The van der Waals surface area contributed by atoms with Crippen LogP contribution >= 0.6 is 15.9 Å². The van der Waals surface area contributed by atoms with Crippen LogP contribution in [0.15, 0.2) is 22.7 Å². The highest BCUT2D eigenvalue weighted by atomic mass is 79.9. The first-order valence-electron chi connectivity index (χ1n) is 6.08. The fourth-order valence-electron chi connectivity index (χ4n) is 2.31. The normalized spacial score (nSPS) is 23.1. The molecular weight excluding hydrogens is 296 g/mol. The van der Waals surface area contributed by atoms with Gasteiger partial charge < -0.3 is 9.47 Å². The molecule has 1 saturated heterocycles. The maximum Gasteiger partial charge on any atom is 0.142 e. The molecule has 98 valence electrons. The summed E-state index contributed by atoms with van der Waals surface area (Å²) in [7, 11) is 1.63. The summed E-state index contributed by atoms with van der Waals surface area (Å²) >= 11 is 3.43. The van der Waals surface area contributed by atoms with Gasteiger partial charge in [-0.25, -0.2) is 0 Å². The van der Waals surface area contributed by atoms with E-state index in [4.69, 9.17) is 9.47 Å². The summed E-state index contributed by atoms with van der Waals surface area (Å²) in [6.07, 6.45) is 1.36. The van der Waals surface area contributed by atoms with Crippen LogP contribution in [0, 0.1) is 5.92 Å². The zero-order valence-electron chi connectivity index (χ0n) is 10.6. The van der Waals surface area contributed by atoms with Crippen LogP contribution in [0.2, 0.25) is 0 Å². The maximum absolute atomic E-state index is 12.2. The molecule has 3 nitrogen and oxygen atoms in total. The molecule has 0 aliphatic carbocycles. The standard InChI is InChI=1S/C14H17BrO3/c1-9-11(5-6-18-9)13(16)8-10-3-4-14(17-2)12(15)7-10/h3-4,7,9,11H,5-6,8H2,1-2H3. The second-order valence-corrected chi connectivity index (χ2v) is 5.44. The largest absolute Gasteiger partial charge is 0.496 e. The van der Waals surface area contributed by atoms with Crippen LogP contribution < -0.4 is 4.74 Å². The van der Waals surface area contributed by atoms with Gasteiger partial charge in [-0.1, -0.05) is 6.07 Å². The molecule has 0 N–H and O–H groups in total. The Kier molecular flexibility index (Phi) is 4.40. The predicted molar refractivity (Wildman–Crippen MR) is 72.9 cm³/mol. The van der Waals surface area contributed by atoms with Crippen molar-refractivity contribution in [3.63, 3.8) is 0 Å². The second-order valence-electron chi connectivity index (χ2n) is 4.58. The summed E-state index contributed by atoms with van der Waals surface area (Å²) in [6.45, 7) is 2.67. The van der Waals surface area contributed by atoms with Crippen LogP contribution in [0.25, 0.3) is 0 Å². The van der Waals surface area contributed by atoms with Crippen molar-refractivity contribution in [2.75, 3.05) is 13.7 Å². The molecule has 0 amide bonds. The quantitative estimate of drug-likeness (QED) is 0.857. The van der Waals surface area contributed by atoms with Gasteiger partial charge in [0.25, 0.3) is 0 Å². The minimum Gasteiger partial charge on any atom is -0.496 e. The van der Waals surface area contributed by atoms with Crippen molar-refractivity contribution in [3.8, 4) is 5.75 Å². The lowest BCUT2D eigenvalue weighted by Gasteiger charge is -2.13. The monoisotopic (exact) mass is 312 g/mol. The first kappa shape index (κ1) is 13.6. The zero-order chi connectivity index (χ0) is 13.1. The summed E-state index contributed by atoms with van der Waals surface area (Å²) < 4.78 is 11.5. The summed E-state index contributed by atoms with van der Waals surface area (Å²) in [5, 5.41) is 0. The Morgan fingerprint density at radius 1 is 1.56 bits per heavy atom. The number of halogens is 1. The zero-order valence-corrected chi connectivity index (χ0v) is 12.2. The van der Waals surface area contributed by atoms with Gasteiger partial charge in [0.05, 0.1) is 17.7 Å². The molecule has 2 rings (SSSR count). The van der Waals surface area contributed by atoms with Crippen LogP contribution in [0.3, 0.4) is 0 Å². The third-order valence-electron chi connectivity index (χ3n) is 3.38. The van der Waals surface area contributed by atoms with Crippen molar-refractivity contribution in [1.82, 2.24) is 0 Å². The van der Waals surface area contributed by atoms with E-state index in [0.717, 1.165) is 22.2 Å². The van der Waals surface area contributed by atoms with E-state index in [1.807, 2.05) is 25.1 Å². The first-order valence-corrected chi connectivity index (χ1v) is 6.88. The van der Waals surface area contributed by atoms with Gasteiger partial charge in [-0.05, 0) is 47.0 Å². The Labute approximate surface area is 116 Å². The molecule has 4 heteroatoms. The van der Waals surface area contributed by atoms with Crippen LogP contribution in [-0.2, 0) is 16.0 Å². The van der Waals surface area contributed by atoms with Crippen LogP contribution in [0.4, 0.5) is 0 Å². The number of hydrogen-bond donors (Lipinski definition) is 0. The Morgan fingerprint density at radius 2 is 2.33 bits per heavy atom. The highest BCUT2D eigenvalue weighted by Gasteiger charge is 2.30. The minimum atomic E-state index is 0.0471. The molecule has 0 radical (unpaired) electrons. The van der Waals surface area contributed by atoms with Crippen LogP contribution in [0.5, 0.6) is 5.75 Å². The van der Waals surface area contributed by atoms with Gasteiger partial charge in [-0.2, -0.15) is 0 Å². The smallest absolute Gasteiger partial charge is 0.142 e. The van der Waals surface area contributed by atoms with Gasteiger partial charge >= 0.3 is 0 Å². The lowest BCUT2D eigenvalue weighted by Crippen LogP contribution is -2.23. The number of Topliss-reactive ketones (excluding diaryl/α,β-unsaturated/α-hetero) is 1. The number of methoxy groups -OCH3 is 1. The number of ether oxygens (including phenoxy) is 2. The lowest BCUT2D eigenvalue weighted by molar-refractivity contribution is -0.123. The van der Waals surface area contributed by atoms with Gasteiger partial charge in [-0.3, -0.25) is 4.79 Å².